The van der Waals surface area contributed by atoms with Crippen molar-refractivity contribution in [2.75, 3.05) is 26.1 Å². The van der Waals surface area contributed by atoms with E-state index in [0.29, 0.717) is 35.2 Å². The number of hydrogen-bond donors (Lipinski definition) is 1. The zero-order valence-corrected chi connectivity index (χ0v) is 17.0. The molecule has 1 aromatic heterocycles. The molecule has 156 valence electrons. The molecule has 1 N–H and O–H groups in total. The Bertz CT molecular complexity index is 1090. The third-order valence-corrected chi connectivity index (χ3v) is 4.30. The molecule has 3 aromatic rings. The highest BCUT2D eigenvalue weighted by Gasteiger charge is 2.12. The molecule has 0 saturated carbocycles. The smallest absolute Gasteiger partial charge is 0.267 e. The van der Waals surface area contributed by atoms with E-state index in [2.05, 4.69) is 10.4 Å². The number of rotatable bonds is 8. The molecule has 0 spiro atoms. The van der Waals surface area contributed by atoms with E-state index in [1.54, 1.807) is 56.7 Å². The average molecular weight is 409 g/mol. The minimum Gasteiger partial charge on any atom is -0.493 e. The number of nitrogens with one attached hydrogen (secondary N) is 1. The molecular formula is C22H23N3O5. The van der Waals surface area contributed by atoms with E-state index < -0.39 is 0 Å². The summed E-state index contributed by atoms with van der Waals surface area (Å²) in [5, 5.41) is 7.09. The van der Waals surface area contributed by atoms with E-state index in [1.165, 1.54) is 6.07 Å². The van der Waals surface area contributed by atoms with Gasteiger partial charge in [0, 0.05) is 11.6 Å². The van der Waals surface area contributed by atoms with Gasteiger partial charge >= 0.3 is 0 Å². The van der Waals surface area contributed by atoms with Gasteiger partial charge in [-0.3, -0.25) is 9.59 Å². The molecule has 1 heterocycles. The summed E-state index contributed by atoms with van der Waals surface area (Å²) in [6.45, 7) is 2.10. The zero-order valence-electron chi connectivity index (χ0n) is 17.0. The second-order valence-electron chi connectivity index (χ2n) is 6.26. The van der Waals surface area contributed by atoms with Crippen LogP contribution in [0.15, 0.2) is 59.4 Å². The maximum atomic E-state index is 12.5. The number of amides is 1. The van der Waals surface area contributed by atoms with Crippen molar-refractivity contribution in [3.05, 3.63) is 65.0 Å². The van der Waals surface area contributed by atoms with Gasteiger partial charge < -0.3 is 19.5 Å². The fourth-order valence-electron chi connectivity index (χ4n) is 2.89. The summed E-state index contributed by atoms with van der Waals surface area (Å²) in [4.78, 5) is 24.8. The number of para-hydroxylation sites is 2. The average Bonchev–Trinajstić information content (AvgIpc) is 2.76. The van der Waals surface area contributed by atoms with Gasteiger partial charge in [-0.05, 0) is 43.3 Å². The predicted octanol–water partition coefficient (Wildman–Crippen LogP) is 2.96. The van der Waals surface area contributed by atoms with Gasteiger partial charge in [-0.1, -0.05) is 12.1 Å². The molecular weight excluding hydrogens is 386 g/mol. The SMILES string of the molecule is CCOc1ccccc1NC(=O)Cn1nc(-c2ccc(OC)c(OC)c2)ccc1=O. The number of benzene rings is 2. The van der Waals surface area contributed by atoms with Crippen molar-refractivity contribution in [2.24, 2.45) is 0 Å². The van der Waals surface area contributed by atoms with Gasteiger partial charge in [0.2, 0.25) is 5.91 Å². The number of carbonyl (C=O) groups is 1. The lowest BCUT2D eigenvalue weighted by molar-refractivity contribution is -0.117. The Labute approximate surface area is 174 Å². The van der Waals surface area contributed by atoms with Gasteiger partial charge in [0.25, 0.3) is 5.56 Å². The second-order valence-corrected chi connectivity index (χ2v) is 6.26. The van der Waals surface area contributed by atoms with Crippen LogP contribution in [-0.2, 0) is 11.3 Å². The van der Waals surface area contributed by atoms with Crippen LogP contribution in [0.1, 0.15) is 6.92 Å². The molecule has 0 aliphatic carbocycles. The van der Waals surface area contributed by atoms with Crippen molar-refractivity contribution in [3.63, 3.8) is 0 Å². The number of anilines is 1. The molecule has 0 unspecified atom stereocenters. The molecule has 0 atom stereocenters. The van der Waals surface area contributed by atoms with Crippen molar-refractivity contribution in [2.45, 2.75) is 13.5 Å². The lowest BCUT2D eigenvalue weighted by atomic mass is 10.1. The van der Waals surface area contributed by atoms with Crippen LogP contribution in [0.3, 0.4) is 0 Å². The predicted molar refractivity (Wildman–Crippen MR) is 113 cm³/mol. The van der Waals surface area contributed by atoms with Gasteiger partial charge in [-0.15, -0.1) is 0 Å². The van der Waals surface area contributed by atoms with E-state index in [0.717, 1.165) is 10.2 Å². The maximum Gasteiger partial charge on any atom is 0.267 e. The van der Waals surface area contributed by atoms with Crippen LogP contribution in [0.2, 0.25) is 0 Å². The lowest BCUT2D eigenvalue weighted by Gasteiger charge is -2.12. The molecule has 8 heteroatoms. The maximum absolute atomic E-state index is 12.5. The van der Waals surface area contributed by atoms with E-state index in [1.807, 2.05) is 13.0 Å². The van der Waals surface area contributed by atoms with E-state index in [-0.39, 0.29) is 18.0 Å². The summed E-state index contributed by atoms with van der Waals surface area (Å²) >= 11 is 0. The molecule has 0 saturated heterocycles. The minimum absolute atomic E-state index is 0.236. The molecule has 2 aromatic carbocycles. The highest BCUT2D eigenvalue weighted by atomic mass is 16.5. The first-order valence-electron chi connectivity index (χ1n) is 9.38. The Hall–Kier alpha value is -3.81. The fourth-order valence-corrected chi connectivity index (χ4v) is 2.89. The summed E-state index contributed by atoms with van der Waals surface area (Å²) < 4.78 is 17.2. The van der Waals surface area contributed by atoms with Crippen molar-refractivity contribution >= 4 is 11.6 Å². The number of aromatic nitrogens is 2. The molecule has 0 radical (unpaired) electrons. The third kappa shape index (κ3) is 4.78. The topological polar surface area (TPSA) is 91.7 Å². The Morgan fingerprint density at radius 3 is 2.50 bits per heavy atom. The van der Waals surface area contributed by atoms with Gasteiger partial charge in [0.1, 0.15) is 12.3 Å². The van der Waals surface area contributed by atoms with Crippen LogP contribution in [0.5, 0.6) is 17.2 Å². The molecule has 3 rings (SSSR count). The number of nitrogens with zero attached hydrogens (tertiary/aromatic N) is 2. The molecule has 1 amide bonds. The van der Waals surface area contributed by atoms with Gasteiger partial charge in [-0.2, -0.15) is 5.10 Å². The number of carbonyl (C=O) groups excluding carboxylic acids is 1. The third-order valence-electron chi connectivity index (χ3n) is 4.30. The molecule has 0 aliphatic heterocycles. The van der Waals surface area contributed by atoms with Crippen molar-refractivity contribution in [3.8, 4) is 28.5 Å². The van der Waals surface area contributed by atoms with E-state index in [9.17, 15) is 9.59 Å². The number of methoxy groups -OCH3 is 2. The summed E-state index contributed by atoms with van der Waals surface area (Å²) in [6.07, 6.45) is 0. The zero-order chi connectivity index (χ0) is 21.5. The van der Waals surface area contributed by atoms with Crippen molar-refractivity contribution in [1.29, 1.82) is 0 Å². The van der Waals surface area contributed by atoms with Gasteiger partial charge in [0.15, 0.2) is 11.5 Å². The lowest BCUT2D eigenvalue weighted by Crippen LogP contribution is -2.29. The quantitative estimate of drug-likeness (QED) is 0.615. The highest BCUT2D eigenvalue weighted by Crippen LogP contribution is 2.31. The molecule has 0 fully saturated rings. The summed E-state index contributed by atoms with van der Waals surface area (Å²) in [7, 11) is 3.10. The Kier molecular flexibility index (Phi) is 6.69. The van der Waals surface area contributed by atoms with Crippen LogP contribution in [0.25, 0.3) is 11.3 Å². The van der Waals surface area contributed by atoms with Crippen LogP contribution >= 0.6 is 0 Å². The van der Waals surface area contributed by atoms with Gasteiger partial charge in [-0.25, -0.2) is 4.68 Å². The van der Waals surface area contributed by atoms with Crippen molar-refractivity contribution < 1.29 is 19.0 Å². The monoisotopic (exact) mass is 409 g/mol. The first-order chi connectivity index (χ1) is 14.5. The summed E-state index contributed by atoms with van der Waals surface area (Å²) in [6, 6.07) is 15.4. The molecule has 8 nitrogen and oxygen atoms in total. The highest BCUT2D eigenvalue weighted by molar-refractivity contribution is 5.92. The minimum atomic E-state index is -0.388. The number of hydrogen-bond acceptors (Lipinski definition) is 6. The summed E-state index contributed by atoms with van der Waals surface area (Å²) in [5.41, 5.74) is 1.41. The standard InChI is InChI=1S/C22H23N3O5/c1-4-30-18-8-6-5-7-17(18)23-21(26)14-25-22(27)12-10-16(24-25)15-9-11-19(28-2)20(13-15)29-3/h5-13H,4,14H2,1-3H3,(H,23,26). The van der Waals surface area contributed by atoms with Crippen LogP contribution < -0.4 is 25.1 Å². The first kappa shape index (κ1) is 20.9. The Morgan fingerprint density at radius 2 is 1.77 bits per heavy atom. The van der Waals surface area contributed by atoms with Crippen LogP contribution in [0, 0.1) is 0 Å². The molecule has 0 bridgehead atoms. The van der Waals surface area contributed by atoms with Crippen molar-refractivity contribution in [1.82, 2.24) is 9.78 Å². The fraction of sp³-hybridized carbons (Fsp3) is 0.227. The van der Waals surface area contributed by atoms with E-state index >= 15 is 0 Å². The molecule has 0 aliphatic rings. The van der Waals surface area contributed by atoms with E-state index in [4.69, 9.17) is 14.2 Å². The molecule has 30 heavy (non-hydrogen) atoms. The first-order valence-corrected chi connectivity index (χ1v) is 9.38. The number of ether oxygens (including phenoxy) is 3. The second kappa shape index (κ2) is 9.60. The van der Waals surface area contributed by atoms with Crippen LogP contribution in [0.4, 0.5) is 5.69 Å². The normalized spacial score (nSPS) is 10.4. The van der Waals surface area contributed by atoms with Crippen LogP contribution in [-0.4, -0.2) is 36.5 Å². The Morgan fingerprint density at radius 1 is 1.00 bits per heavy atom. The summed E-state index contributed by atoms with van der Waals surface area (Å²) in [5.74, 6) is 1.30. The largest absolute Gasteiger partial charge is 0.493 e. The van der Waals surface area contributed by atoms with Gasteiger partial charge in [0.05, 0.1) is 32.2 Å². The Balaban J connectivity index is 1.83.